The van der Waals surface area contributed by atoms with Crippen LogP contribution in [0.5, 0.6) is 5.75 Å². The highest BCUT2D eigenvalue weighted by molar-refractivity contribution is 6.32. The summed E-state index contributed by atoms with van der Waals surface area (Å²) in [5.41, 5.74) is 2.65. The zero-order chi connectivity index (χ0) is 10.3. The maximum absolute atomic E-state index is 6.21. The van der Waals surface area contributed by atoms with Gasteiger partial charge in [-0.3, -0.25) is 0 Å². The van der Waals surface area contributed by atoms with Gasteiger partial charge in [0.05, 0.1) is 11.6 Å². The number of halogens is 1. The Morgan fingerprint density at radius 1 is 1.40 bits per heavy atom. The molecule has 3 heteroatoms. The Morgan fingerprint density at radius 2 is 2.33 bits per heavy atom. The van der Waals surface area contributed by atoms with Gasteiger partial charge in [-0.2, -0.15) is 0 Å². The summed E-state index contributed by atoms with van der Waals surface area (Å²) < 4.78 is 5.50. The van der Waals surface area contributed by atoms with Gasteiger partial charge in [-0.25, -0.2) is 0 Å². The summed E-state index contributed by atoms with van der Waals surface area (Å²) in [6, 6.07) is 4.34. The lowest BCUT2D eigenvalue weighted by molar-refractivity contribution is 0.357. The Morgan fingerprint density at radius 3 is 3.13 bits per heavy atom. The molecule has 0 bridgehead atoms. The monoisotopic (exact) mass is 223 g/mol. The predicted molar refractivity (Wildman–Crippen MR) is 60.9 cm³/mol. The molecular formula is C12H14ClNO. The lowest BCUT2D eigenvalue weighted by Crippen LogP contribution is -2.08. The normalized spacial score (nSPS) is 23.9. The topological polar surface area (TPSA) is 21.3 Å². The molecule has 0 spiro atoms. The van der Waals surface area contributed by atoms with Gasteiger partial charge < -0.3 is 10.1 Å². The summed E-state index contributed by atoms with van der Waals surface area (Å²) in [7, 11) is 0. The lowest BCUT2D eigenvalue weighted by Gasteiger charge is -2.11. The molecule has 0 saturated carbocycles. The molecule has 0 amide bonds. The van der Waals surface area contributed by atoms with Gasteiger partial charge >= 0.3 is 0 Å². The van der Waals surface area contributed by atoms with E-state index in [1.165, 1.54) is 17.5 Å². The molecule has 2 nitrogen and oxygen atoms in total. The molecule has 1 saturated heterocycles. The van der Waals surface area contributed by atoms with E-state index in [2.05, 4.69) is 17.4 Å². The minimum absolute atomic E-state index is 0.633. The minimum Gasteiger partial charge on any atom is -0.491 e. The first-order chi connectivity index (χ1) is 7.34. The molecular weight excluding hydrogens is 210 g/mol. The summed E-state index contributed by atoms with van der Waals surface area (Å²) in [6.07, 6.45) is 2.22. The highest BCUT2D eigenvalue weighted by atomic mass is 35.5. The molecule has 2 aliphatic rings. The van der Waals surface area contributed by atoms with E-state index in [4.69, 9.17) is 16.3 Å². The van der Waals surface area contributed by atoms with Crippen molar-refractivity contribution in [3.63, 3.8) is 0 Å². The second kappa shape index (κ2) is 3.69. The Balaban J connectivity index is 1.99. The zero-order valence-corrected chi connectivity index (χ0v) is 9.31. The molecule has 1 unspecified atom stereocenters. The molecule has 15 heavy (non-hydrogen) atoms. The van der Waals surface area contributed by atoms with Crippen LogP contribution in [-0.4, -0.2) is 19.7 Å². The van der Waals surface area contributed by atoms with Crippen LogP contribution in [0.25, 0.3) is 0 Å². The molecule has 1 aromatic carbocycles. The number of nitrogens with one attached hydrogen (secondary N) is 1. The third-order valence-corrected chi connectivity index (χ3v) is 3.57. The van der Waals surface area contributed by atoms with Gasteiger partial charge in [0.15, 0.2) is 0 Å². The number of ether oxygens (including phenoxy) is 1. The van der Waals surface area contributed by atoms with E-state index >= 15 is 0 Å². The van der Waals surface area contributed by atoms with Crippen LogP contribution in [0.2, 0.25) is 5.02 Å². The molecule has 0 aromatic heterocycles. The van der Waals surface area contributed by atoms with Gasteiger partial charge in [-0.05, 0) is 36.1 Å². The maximum atomic E-state index is 6.21. The van der Waals surface area contributed by atoms with Crippen LogP contribution in [0.1, 0.15) is 23.5 Å². The van der Waals surface area contributed by atoms with E-state index in [1.54, 1.807) is 0 Å². The molecule has 2 aliphatic heterocycles. The van der Waals surface area contributed by atoms with E-state index in [-0.39, 0.29) is 0 Å². The number of rotatable bonds is 1. The average Bonchev–Trinajstić information content (AvgIpc) is 2.88. The molecule has 1 aromatic rings. The third-order valence-electron chi connectivity index (χ3n) is 3.29. The summed E-state index contributed by atoms with van der Waals surface area (Å²) >= 11 is 6.21. The van der Waals surface area contributed by atoms with Crippen molar-refractivity contribution in [1.29, 1.82) is 0 Å². The van der Waals surface area contributed by atoms with Crippen molar-refractivity contribution < 1.29 is 4.74 Å². The minimum atomic E-state index is 0.633. The molecule has 0 radical (unpaired) electrons. The Bertz CT molecular complexity index is 385. The van der Waals surface area contributed by atoms with Crippen molar-refractivity contribution in [2.45, 2.75) is 18.8 Å². The second-order valence-corrected chi connectivity index (χ2v) is 4.69. The van der Waals surface area contributed by atoms with Gasteiger partial charge in [0.1, 0.15) is 5.75 Å². The smallest absolute Gasteiger partial charge is 0.141 e. The fourth-order valence-electron chi connectivity index (χ4n) is 2.46. The Labute approximate surface area is 94.6 Å². The first kappa shape index (κ1) is 9.49. The third kappa shape index (κ3) is 1.62. The van der Waals surface area contributed by atoms with Crippen molar-refractivity contribution in [1.82, 2.24) is 5.32 Å². The SMILES string of the molecule is Clc1cc(C2CCNC2)cc2c1OCC2. The van der Waals surface area contributed by atoms with E-state index in [0.29, 0.717) is 5.92 Å². The van der Waals surface area contributed by atoms with Crippen LogP contribution in [0.15, 0.2) is 12.1 Å². The van der Waals surface area contributed by atoms with Crippen LogP contribution in [0, 0.1) is 0 Å². The van der Waals surface area contributed by atoms with Crippen molar-refractivity contribution >= 4 is 11.6 Å². The lowest BCUT2D eigenvalue weighted by atomic mass is 9.96. The average molecular weight is 224 g/mol. The van der Waals surface area contributed by atoms with E-state index < -0.39 is 0 Å². The molecule has 2 heterocycles. The van der Waals surface area contributed by atoms with E-state index in [1.807, 2.05) is 0 Å². The molecule has 1 fully saturated rings. The fraction of sp³-hybridized carbons (Fsp3) is 0.500. The van der Waals surface area contributed by atoms with E-state index in [9.17, 15) is 0 Å². The quantitative estimate of drug-likeness (QED) is 0.789. The van der Waals surface area contributed by atoms with Crippen LogP contribution < -0.4 is 10.1 Å². The van der Waals surface area contributed by atoms with E-state index in [0.717, 1.165) is 36.9 Å². The Kier molecular flexibility index (Phi) is 2.33. The summed E-state index contributed by atoms with van der Waals surface area (Å²) in [6.45, 7) is 2.98. The summed E-state index contributed by atoms with van der Waals surface area (Å²) in [4.78, 5) is 0. The van der Waals surface area contributed by atoms with Crippen LogP contribution in [0.3, 0.4) is 0 Å². The first-order valence-electron chi connectivity index (χ1n) is 5.50. The van der Waals surface area contributed by atoms with Gasteiger partial charge in [0, 0.05) is 13.0 Å². The highest BCUT2D eigenvalue weighted by Gasteiger charge is 2.22. The standard InChI is InChI=1S/C12H14ClNO/c13-11-6-10(9-1-3-14-7-9)5-8-2-4-15-12(8)11/h5-6,9,14H,1-4,7H2. The number of fused-ring (bicyclic) bond motifs is 1. The molecule has 3 rings (SSSR count). The fourth-order valence-corrected chi connectivity index (χ4v) is 2.76. The number of hydrogen-bond donors (Lipinski definition) is 1. The molecule has 0 aliphatic carbocycles. The molecule has 80 valence electrons. The molecule has 1 atom stereocenters. The van der Waals surface area contributed by atoms with Crippen LogP contribution in [-0.2, 0) is 6.42 Å². The van der Waals surface area contributed by atoms with Gasteiger partial charge in [0.2, 0.25) is 0 Å². The van der Waals surface area contributed by atoms with Crippen molar-refractivity contribution in [3.8, 4) is 5.75 Å². The van der Waals surface area contributed by atoms with Gasteiger partial charge in [-0.15, -0.1) is 0 Å². The predicted octanol–water partition coefficient (Wildman–Crippen LogP) is 2.35. The largest absolute Gasteiger partial charge is 0.491 e. The van der Waals surface area contributed by atoms with Crippen molar-refractivity contribution in [3.05, 3.63) is 28.3 Å². The summed E-state index contributed by atoms with van der Waals surface area (Å²) in [5.74, 6) is 1.54. The Hall–Kier alpha value is -0.730. The highest BCUT2D eigenvalue weighted by Crippen LogP contribution is 2.37. The molecule has 1 N–H and O–H groups in total. The van der Waals surface area contributed by atoms with Crippen molar-refractivity contribution in [2.75, 3.05) is 19.7 Å². The van der Waals surface area contributed by atoms with Gasteiger partial charge in [0.25, 0.3) is 0 Å². The summed E-state index contributed by atoms with van der Waals surface area (Å²) in [5, 5.41) is 4.17. The first-order valence-corrected chi connectivity index (χ1v) is 5.88. The number of hydrogen-bond acceptors (Lipinski definition) is 2. The maximum Gasteiger partial charge on any atom is 0.141 e. The van der Waals surface area contributed by atoms with Gasteiger partial charge in [-0.1, -0.05) is 17.7 Å². The number of benzene rings is 1. The van der Waals surface area contributed by atoms with Crippen molar-refractivity contribution in [2.24, 2.45) is 0 Å². The van der Waals surface area contributed by atoms with Crippen LogP contribution in [0.4, 0.5) is 0 Å². The second-order valence-electron chi connectivity index (χ2n) is 4.28. The zero-order valence-electron chi connectivity index (χ0n) is 8.55. The van der Waals surface area contributed by atoms with Crippen LogP contribution >= 0.6 is 11.6 Å².